The fraction of sp³-hybridized carbons (Fsp3) is 0.143. The SMILES string of the molecule is CC(C(=O)Nc1cc(Cl)ccc1Cl)n1cc([N+](=O)[O-])ccc1=O. The molecule has 0 bridgehead atoms. The largest absolute Gasteiger partial charge is 0.323 e. The first-order chi connectivity index (χ1) is 10.8. The second-order valence-electron chi connectivity index (χ2n) is 4.68. The van der Waals surface area contributed by atoms with E-state index in [-0.39, 0.29) is 16.4 Å². The smallest absolute Gasteiger partial charge is 0.285 e. The number of nitro groups is 1. The van der Waals surface area contributed by atoms with Gasteiger partial charge in [-0.05, 0) is 25.1 Å². The molecule has 0 aliphatic rings. The number of nitrogens with one attached hydrogen (secondary N) is 1. The van der Waals surface area contributed by atoms with Gasteiger partial charge in [0, 0.05) is 17.2 Å². The predicted octanol–water partition coefficient (Wildman–Crippen LogP) is 3.26. The van der Waals surface area contributed by atoms with Gasteiger partial charge in [-0.15, -0.1) is 0 Å². The molecule has 0 saturated carbocycles. The summed E-state index contributed by atoms with van der Waals surface area (Å²) in [6.45, 7) is 1.44. The van der Waals surface area contributed by atoms with Crippen LogP contribution in [0.3, 0.4) is 0 Å². The maximum Gasteiger partial charge on any atom is 0.285 e. The van der Waals surface area contributed by atoms with E-state index >= 15 is 0 Å². The van der Waals surface area contributed by atoms with E-state index < -0.39 is 22.4 Å². The molecule has 0 aliphatic heterocycles. The van der Waals surface area contributed by atoms with Crippen LogP contribution >= 0.6 is 23.2 Å². The van der Waals surface area contributed by atoms with Gasteiger partial charge < -0.3 is 5.32 Å². The van der Waals surface area contributed by atoms with Crippen molar-refractivity contribution in [3.8, 4) is 0 Å². The lowest BCUT2D eigenvalue weighted by atomic mass is 10.2. The lowest BCUT2D eigenvalue weighted by molar-refractivity contribution is -0.385. The average Bonchev–Trinajstić information content (AvgIpc) is 2.50. The number of hydrogen-bond acceptors (Lipinski definition) is 4. The fourth-order valence-electron chi connectivity index (χ4n) is 1.86. The molecule has 0 spiro atoms. The highest BCUT2D eigenvalue weighted by atomic mass is 35.5. The minimum atomic E-state index is -0.975. The van der Waals surface area contributed by atoms with Gasteiger partial charge in [-0.2, -0.15) is 0 Å². The molecule has 1 heterocycles. The first kappa shape index (κ1) is 17.0. The summed E-state index contributed by atoms with van der Waals surface area (Å²) in [6.07, 6.45) is 1.02. The van der Waals surface area contributed by atoms with Crippen molar-refractivity contribution in [2.45, 2.75) is 13.0 Å². The summed E-state index contributed by atoms with van der Waals surface area (Å²) in [4.78, 5) is 34.2. The summed E-state index contributed by atoms with van der Waals surface area (Å²) < 4.78 is 0.978. The molecule has 9 heteroatoms. The monoisotopic (exact) mass is 355 g/mol. The summed E-state index contributed by atoms with van der Waals surface area (Å²) >= 11 is 11.8. The Bertz CT molecular complexity index is 835. The van der Waals surface area contributed by atoms with Crippen molar-refractivity contribution in [3.63, 3.8) is 0 Å². The molecule has 1 amide bonds. The van der Waals surface area contributed by atoms with E-state index in [2.05, 4.69) is 5.32 Å². The highest BCUT2D eigenvalue weighted by Crippen LogP contribution is 2.26. The number of hydrogen-bond donors (Lipinski definition) is 1. The molecular weight excluding hydrogens is 345 g/mol. The molecule has 7 nitrogen and oxygen atoms in total. The Morgan fingerprint density at radius 2 is 2.00 bits per heavy atom. The molecule has 1 aromatic carbocycles. The highest BCUT2D eigenvalue weighted by Gasteiger charge is 2.19. The van der Waals surface area contributed by atoms with E-state index in [0.29, 0.717) is 5.02 Å². The first-order valence-electron chi connectivity index (χ1n) is 6.42. The quantitative estimate of drug-likeness (QED) is 0.672. The van der Waals surface area contributed by atoms with Crippen LogP contribution in [0.5, 0.6) is 0 Å². The van der Waals surface area contributed by atoms with Crippen LogP contribution in [0.2, 0.25) is 10.0 Å². The van der Waals surface area contributed by atoms with Gasteiger partial charge in [-0.25, -0.2) is 0 Å². The third-order valence-corrected chi connectivity index (χ3v) is 3.68. The van der Waals surface area contributed by atoms with Crippen molar-refractivity contribution in [2.75, 3.05) is 5.32 Å². The third-order valence-electron chi connectivity index (χ3n) is 3.12. The molecule has 0 aliphatic carbocycles. The van der Waals surface area contributed by atoms with E-state index in [0.717, 1.165) is 22.9 Å². The maximum absolute atomic E-state index is 12.3. The fourth-order valence-corrected chi connectivity index (χ4v) is 2.20. The molecule has 2 rings (SSSR count). The average molecular weight is 356 g/mol. The van der Waals surface area contributed by atoms with E-state index in [1.165, 1.54) is 19.1 Å². The van der Waals surface area contributed by atoms with Crippen LogP contribution in [0.4, 0.5) is 11.4 Å². The van der Waals surface area contributed by atoms with Gasteiger partial charge >= 0.3 is 0 Å². The normalized spacial score (nSPS) is 11.8. The summed E-state index contributed by atoms with van der Waals surface area (Å²) in [7, 11) is 0. The van der Waals surface area contributed by atoms with Crippen LogP contribution in [-0.2, 0) is 4.79 Å². The van der Waals surface area contributed by atoms with Crippen LogP contribution in [0, 0.1) is 10.1 Å². The van der Waals surface area contributed by atoms with Crippen molar-refractivity contribution in [1.29, 1.82) is 0 Å². The Balaban J connectivity index is 2.29. The molecule has 0 saturated heterocycles. The number of pyridine rings is 1. The number of aromatic nitrogens is 1. The lowest BCUT2D eigenvalue weighted by Gasteiger charge is -2.15. The second kappa shape index (κ2) is 6.80. The number of nitrogens with zero attached hydrogens (tertiary/aromatic N) is 2. The summed E-state index contributed by atoms with van der Waals surface area (Å²) in [6, 6.07) is 5.69. The number of halogens is 2. The van der Waals surface area contributed by atoms with E-state index in [1.807, 2.05) is 0 Å². The summed E-state index contributed by atoms with van der Waals surface area (Å²) in [5, 5.41) is 14.0. The van der Waals surface area contributed by atoms with Crippen molar-refractivity contribution in [2.24, 2.45) is 0 Å². The van der Waals surface area contributed by atoms with Gasteiger partial charge in [0.2, 0.25) is 5.91 Å². The van der Waals surface area contributed by atoms with Crippen molar-refractivity contribution >= 4 is 40.5 Å². The molecule has 2 aromatic rings. The second-order valence-corrected chi connectivity index (χ2v) is 5.52. The highest BCUT2D eigenvalue weighted by molar-refractivity contribution is 6.35. The number of carbonyl (C=O) groups is 1. The molecule has 0 radical (unpaired) electrons. The Morgan fingerprint density at radius 3 is 2.65 bits per heavy atom. The van der Waals surface area contributed by atoms with Crippen LogP contribution < -0.4 is 10.9 Å². The van der Waals surface area contributed by atoms with Crippen molar-refractivity contribution in [3.05, 3.63) is 67.0 Å². The topological polar surface area (TPSA) is 94.2 Å². The molecule has 23 heavy (non-hydrogen) atoms. The zero-order chi connectivity index (χ0) is 17.1. The zero-order valence-corrected chi connectivity index (χ0v) is 13.3. The van der Waals surface area contributed by atoms with Gasteiger partial charge in [-0.3, -0.25) is 24.3 Å². The minimum Gasteiger partial charge on any atom is -0.323 e. The van der Waals surface area contributed by atoms with Crippen LogP contribution in [0.1, 0.15) is 13.0 Å². The number of anilines is 1. The molecule has 1 unspecified atom stereocenters. The number of carbonyl (C=O) groups excluding carboxylic acids is 1. The molecule has 120 valence electrons. The van der Waals surface area contributed by atoms with Gasteiger partial charge in [0.15, 0.2) is 0 Å². The molecule has 0 fully saturated rings. The number of rotatable bonds is 4. The van der Waals surface area contributed by atoms with E-state index in [1.54, 1.807) is 6.07 Å². The Morgan fingerprint density at radius 1 is 1.30 bits per heavy atom. The molecule has 1 aromatic heterocycles. The third kappa shape index (κ3) is 3.88. The molecule has 1 atom stereocenters. The van der Waals surface area contributed by atoms with E-state index in [4.69, 9.17) is 23.2 Å². The Labute approximate surface area is 140 Å². The first-order valence-corrected chi connectivity index (χ1v) is 7.17. The van der Waals surface area contributed by atoms with Gasteiger partial charge in [0.05, 0.1) is 21.8 Å². The van der Waals surface area contributed by atoms with Crippen LogP contribution in [0.15, 0.2) is 41.3 Å². The summed E-state index contributed by atoms with van der Waals surface area (Å²) in [5.74, 6) is -0.559. The zero-order valence-electron chi connectivity index (χ0n) is 11.8. The molecular formula is C14H11Cl2N3O4. The Hall–Kier alpha value is -2.38. The number of amides is 1. The number of benzene rings is 1. The van der Waals surface area contributed by atoms with Crippen molar-refractivity contribution < 1.29 is 9.72 Å². The standard InChI is InChI=1S/C14H11Cl2N3O4/c1-8(18-7-10(19(22)23)3-5-13(18)20)14(21)17-12-6-9(15)2-4-11(12)16/h2-8H,1H3,(H,17,21). The van der Waals surface area contributed by atoms with E-state index in [9.17, 15) is 19.7 Å². The Kier molecular flexibility index (Phi) is 5.02. The predicted molar refractivity (Wildman–Crippen MR) is 87.2 cm³/mol. The maximum atomic E-state index is 12.3. The lowest BCUT2D eigenvalue weighted by Crippen LogP contribution is -2.31. The minimum absolute atomic E-state index is 0.279. The summed E-state index contributed by atoms with van der Waals surface area (Å²) in [5.41, 5.74) is -0.532. The van der Waals surface area contributed by atoms with Crippen molar-refractivity contribution in [1.82, 2.24) is 4.57 Å². The van der Waals surface area contributed by atoms with Gasteiger partial charge in [0.25, 0.3) is 11.2 Å². The van der Waals surface area contributed by atoms with Crippen LogP contribution in [0.25, 0.3) is 0 Å². The van der Waals surface area contributed by atoms with Gasteiger partial charge in [-0.1, -0.05) is 23.2 Å². The van der Waals surface area contributed by atoms with Gasteiger partial charge in [0.1, 0.15) is 6.04 Å². The van der Waals surface area contributed by atoms with Crippen LogP contribution in [-0.4, -0.2) is 15.4 Å². The molecule has 1 N–H and O–H groups in total.